The predicted molar refractivity (Wildman–Crippen MR) is 180 cm³/mol. The third-order valence-electron chi connectivity index (χ3n) is 7.51. The fourth-order valence-corrected chi connectivity index (χ4v) is 5.10. The maximum absolute atomic E-state index is 13.6. The number of nitrogens with one attached hydrogen (secondary N) is 2. The Balaban J connectivity index is 1.32. The molecule has 2 N–H and O–H groups in total. The molecule has 11 nitrogen and oxygen atoms in total. The summed E-state index contributed by atoms with van der Waals surface area (Å²) in [4.78, 5) is 41.0. The third kappa shape index (κ3) is 6.95. The normalized spacial score (nSPS) is 10.7. The minimum atomic E-state index is -0.698. The number of anilines is 1. The molecule has 0 atom stereocenters. The molecule has 0 fully saturated rings. The molecular formula is C37H29N3O8. The molecule has 11 heteroatoms. The summed E-state index contributed by atoms with van der Waals surface area (Å²) in [6, 6.07) is 32.7. The van der Waals surface area contributed by atoms with Gasteiger partial charge in [-0.25, -0.2) is 4.79 Å². The van der Waals surface area contributed by atoms with E-state index in [1.54, 1.807) is 60.7 Å². The standard InChI is InChI=1S/C37H29N3O8/c1-45-30-18-26(19-31(21-30)46-2)36(41)39-34-32-20-25(24-11-14-27(15-12-24)40(43)44)13-16-33(32)38-35(34)37(42)47-22-23-7-6-10-29(17-23)48-28-8-4-3-5-9-28/h3-21,38H,22H2,1-2H3,(H,39,41). The van der Waals surface area contributed by atoms with Crippen LogP contribution in [-0.2, 0) is 11.3 Å². The van der Waals surface area contributed by atoms with Crippen molar-refractivity contribution in [1.82, 2.24) is 4.98 Å². The number of hydrogen-bond acceptors (Lipinski definition) is 8. The summed E-state index contributed by atoms with van der Waals surface area (Å²) >= 11 is 0. The number of aromatic nitrogens is 1. The highest BCUT2D eigenvalue weighted by atomic mass is 16.6. The molecule has 48 heavy (non-hydrogen) atoms. The van der Waals surface area contributed by atoms with Crippen LogP contribution >= 0.6 is 0 Å². The number of benzene rings is 5. The second kappa shape index (κ2) is 13.8. The zero-order valence-corrected chi connectivity index (χ0v) is 25.9. The van der Waals surface area contributed by atoms with E-state index in [1.807, 2.05) is 42.5 Å². The SMILES string of the molecule is COc1cc(OC)cc(C(=O)Nc2c(C(=O)OCc3cccc(Oc4ccccc4)c3)[nH]c3ccc(-c4ccc([N+](=O)[O-])cc4)cc23)c1. The highest BCUT2D eigenvalue weighted by molar-refractivity contribution is 6.15. The van der Waals surface area contributed by atoms with Gasteiger partial charge in [0.15, 0.2) is 0 Å². The molecule has 0 aliphatic heterocycles. The Morgan fingerprint density at radius 3 is 2.12 bits per heavy atom. The van der Waals surface area contributed by atoms with E-state index in [-0.39, 0.29) is 29.2 Å². The quantitative estimate of drug-likeness (QED) is 0.0818. The second-order valence-corrected chi connectivity index (χ2v) is 10.6. The number of methoxy groups -OCH3 is 2. The molecule has 0 aliphatic rings. The summed E-state index contributed by atoms with van der Waals surface area (Å²) in [5.74, 6) is 0.867. The van der Waals surface area contributed by atoms with Gasteiger partial charge >= 0.3 is 5.97 Å². The Morgan fingerprint density at radius 2 is 1.44 bits per heavy atom. The van der Waals surface area contributed by atoms with E-state index in [9.17, 15) is 19.7 Å². The molecular weight excluding hydrogens is 614 g/mol. The number of ether oxygens (including phenoxy) is 4. The van der Waals surface area contributed by atoms with Gasteiger partial charge in [-0.3, -0.25) is 14.9 Å². The van der Waals surface area contributed by atoms with E-state index in [4.69, 9.17) is 18.9 Å². The predicted octanol–water partition coefficient (Wildman–Crippen LogP) is 8.16. The van der Waals surface area contributed by atoms with Crippen LogP contribution in [0.15, 0.2) is 115 Å². The zero-order valence-electron chi connectivity index (χ0n) is 25.9. The lowest BCUT2D eigenvalue weighted by atomic mass is 10.0. The molecule has 240 valence electrons. The Hall–Kier alpha value is -6.62. The van der Waals surface area contributed by atoms with E-state index < -0.39 is 16.8 Å². The number of carbonyl (C=O) groups is 2. The summed E-state index contributed by atoms with van der Waals surface area (Å²) in [7, 11) is 2.96. The lowest BCUT2D eigenvalue weighted by molar-refractivity contribution is -0.384. The number of esters is 1. The van der Waals surface area contributed by atoms with E-state index in [2.05, 4.69) is 10.3 Å². The molecule has 0 bridgehead atoms. The Kier molecular flexibility index (Phi) is 9.01. The van der Waals surface area contributed by atoms with Crippen LogP contribution in [0.1, 0.15) is 26.4 Å². The molecule has 1 amide bonds. The first-order chi connectivity index (χ1) is 23.3. The van der Waals surface area contributed by atoms with Gasteiger partial charge in [0.25, 0.3) is 11.6 Å². The lowest BCUT2D eigenvalue weighted by Gasteiger charge is -2.11. The summed E-state index contributed by atoms with van der Waals surface area (Å²) in [5.41, 5.74) is 3.11. The molecule has 0 radical (unpaired) electrons. The Labute approximate surface area is 274 Å². The summed E-state index contributed by atoms with van der Waals surface area (Å²) < 4.78 is 22.3. The summed E-state index contributed by atoms with van der Waals surface area (Å²) in [6.07, 6.45) is 0. The molecule has 0 spiro atoms. The van der Waals surface area contributed by atoms with Crippen molar-refractivity contribution in [2.75, 3.05) is 19.5 Å². The van der Waals surface area contributed by atoms with Gasteiger partial charge in [0.1, 0.15) is 35.3 Å². The average Bonchev–Trinajstić information content (AvgIpc) is 3.48. The highest BCUT2D eigenvalue weighted by Gasteiger charge is 2.23. The van der Waals surface area contributed by atoms with E-state index >= 15 is 0 Å². The number of nitro groups is 1. The van der Waals surface area contributed by atoms with Gasteiger partial charge in [-0.1, -0.05) is 36.4 Å². The number of rotatable bonds is 11. The maximum atomic E-state index is 13.6. The van der Waals surface area contributed by atoms with Gasteiger partial charge in [0.2, 0.25) is 0 Å². The Morgan fingerprint density at radius 1 is 0.750 bits per heavy atom. The van der Waals surface area contributed by atoms with Crippen LogP contribution in [0.4, 0.5) is 11.4 Å². The van der Waals surface area contributed by atoms with Crippen LogP contribution < -0.4 is 19.5 Å². The number of amides is 1. The Bertz CT molecular complexity index is 2100. The van der Waals surface area contributed by atoms with Crippen molar-refractivity contribution < 1.29 is 33.5 Å². The van der Waals surface area contributed by atoms with Crippen molar-refractivity contribution in [3.05, 3.63) is 142 Å². The first-order valence-corrected chi connectivity index (χ1v) is 14.7. The number of H-pyrrole nitrogens is 1. The van der Waals surface area contributed by atoms with E-state index in [1.165, 1.54) is 26.4 Å². The van der Waals surface area contributed by atoms with Crippen molar-refractivity contribution in [3.63, 3.8) is 0 Å². The van der Waals surface area contributed by atoms with Crippen molar-refractivity contribution in [1.29, 1.82) is 0 Å². The van der Waals surface area contributed by atoms with Crippen molar-refractivity contribution >= 4 is 34.2 Å². The van der Waals surface area contributed by atoms with Crippen LogP contribution in [0.3, 0.4) is 0 Å². The van der Waals surface area contributed by atoms with Gasteiger partial charge < -0.3 is 29.2 Å². The van der Waals surface area contributed by atoms with Gasteiger partial charge in [0, 0.05) is 34.7 Å². The van der Waals surface area contributed by atoms with Crippen LogP contribution in [0.25, 0.3) is 22.0 Å². The number of nitrogens with zero attached hydrogens (tertiary/aromatic N) is 1. The van der Waals surface area contributed by atoms with Crippen molar-refractivity contribution in [2.24, 2.45) is 0 Å². The minimum Gasteiger partial charge on any atom is -0.497 e. The van der Waals surface area contributed by atoms with Crippen molar-refractivity contribution in [2.45, 2.75) is 6.61 Å². The minimum absolute atomic E-state index is 0.0331. The van der Waals surface area contributed by atoms with Gasteiger partial charge in [-0.2, -0.15) is 0 Å². The number of nitro benzene ring substituents is 1. The fourth-order valence-electron chi connectivity index (χ4n) is 5.10. The van der Waals surface area contributed by atoms with Gasteiger partial charge in [-0.15, -0.1) is 0 Å². The maximum Gasteiger partial charge on any atom is 0.357 e. The van der Waals surface area contributed by atoms with Crippen LogP contribution in [0, 0.1) is 10.1 Å². The number of para-hydroxylation sites is 1. The summed E-state index contributed by atoms with van der Waals surface area (Å²) in [5, 5.41) is 14.6. The van der Waals surface area contributed by atoms with E-state index in [0.29, 0.717) is 50.6 Å². The molecule has 6 rings (SSSR count). The largest absolute Gasteiger partial charge is 0.497 e. The molecule has 0 saturated carbocycles. The van der Waals surface area contributed by atoms with Crippen LogP contribution in [0.2, 0.25) is 0 Å². The fraction of sp³-hybridized carbons (Fsp3) is 0.0811. The monoisotopic (exact) mass is 643 g/mol. The number of non-ortho nitro benzene ring substituents is 1. The summed E-state index contributed by atoms with van der Waals surface area (Å²) in [6.45, 7) is -0.0608. The zero-order chi connectivity index (χ0) is 33.6. The molecule has 0 unspecified atom stereocenters. The molecule has 6 aromatic rings. The van der Waals surface area contributed by atoms with Crippen LogP contribution in [-0.4, -0.2) is 36.0 Å². The second-order valence-electron chi connectivity index (χ2n) is 10.6. The van der Waals surface area contributed by atoms with Crippen molar-refractivity contribution in [3.8, 4) is 34.1 Å². The molecule has 0 saturated heterocycles. The van der Waals surface area contributed by atoms with Gasteiger partial charge in [0.05, 0.1) is 24.8 Å². The molecule has 1 aromatic heterocycles. The first kappa shape index (κ1) is 31.4. The number of fused-ring (bicyclic) bond motifs is 1. The average molecular weight is 644 g/mol. The first-order valence-electron chi connectivity index (χ1n) is 14.7. The smallest absolute Gasteiger partial charge is 0.357 e. The number of carbonyl (C=O) groups excluding carboxylic acids is 2. The third-order valence-corrected chi connectivity index (χ3v) is 7.51. The molecule has 1 heterocycles. The number of aromatic amines is 1. The topological polar surface area (TPSA) is 142 Å². The molecule has 0 aliphatic carbocycles. The van der Waals surface area contributed by atoms with Crippen LogP contribution in [0.5, 0.6) is 23.0 Å². The number of hydrogen-bond donors (Lipinski definition) is 2. The molecule has 5 aromatic carbocycles. The lowest BCUT2D eigenvalue weighted by Crippen LogP contribution is -2.16. The van der Waals surface area contributed by atoms with Gasteiger partial charge in [-0.05, 0) is 77.4 Å². The van der Waals surface area contributed by atoms with E-state index in [0.717, 1.165) is 0 Å². The highest BCUT2D eigenvalue weighted by Crippen LogP contribution is 2.34.